The van der Waals surface area contributed by atoms with Crippen LogP contribution in [0.15, 0.2) is 176 Å². The fourth-order valence-corrected chi connectivity index (χ4v) is 7.05. The van der Waals surface area contributed by atoms with Crippen LogP contribution in [0.3, 0.4) is 0 Å². The van der Waals surface area contributed by atoms with Crippen LogP contribution in [0.2, 0.25) is 0 Å². The van der Waals surface area contributed by atoms with Gasteiger partial charge in [-0.1, -0.05) is 133 Å². The third-order valence-corrected chi connectivity index (χ3v) is 9.11. The number of fused-ring (bicyclic) bond motifs is 3. The lowest BCUT2D eigenvalue weighted by Gasteiger charge is -2.19. The molecule has 0 N–H and O–H groups in total. The highest BCUT2D eigenvalue weighted by atomic mass is 15.1. The van der Waals surface area contributed by atoms with E-state index in [0.29, 0.717) is 0 Å². The number of para-hydroxylation sites is 3. The lowest BCUT2D eigenvalue weighted by Crippen LogP contribution is -1.97. The van der Waals surface area contributed by atoms with Gasteiger partial charge in [0.15, 0.2) is 0 Å². The summed E-state index contributed by atoms with van der Waals surface area (Å²) >= 11 is 0. The molecule has 0 spiro atoms. The first-order valence-corrected chi connectivity index (χ1v) is 15.9. The second kappa shape index (κ2) is 11.2. The van der Waals surface area contributed by atoms with Crippen LogP contribution >= 0.6 is 0 Å². The molecule has 9 aromatic rings. The molecule has 3 nitrogen and oxygen atoms in total. The van der Waals surface area contributed by atoms with Crippen molar-refractivity contribution in [2.75, 3.05) is 0 Å². The molecule has 0 unspecified atom stereocenters. The molecule has 47 heavy (non-hydrogen) atoms. The molecule has 2 aromatic heterocycles. The van der Waals surface area contributed by atoms with Crippen LogP contribution in [0.25, 0.3) is 83.0 Å². The number of nitrogens with zero attached hydrogens (tertiary/aromatic N) is 3. The summed E-state index contributed by atoms with van der Waals surface area (Å²) in [5.74, 6) is 0.932. The van der Waals surface area contributed by atoms with E-state index in [1.54, 1.807) is 0 Å². The zero-order chi connectivity index (χ0) is 31.2. The average molecular weight is 600 g/mol. The summed E-state index contributed by atoms with van der Waals surface area (Å²) in [5, 5.41) is 4.91. The van der Waals surface area contributed by atoms with Crippen molar-refractivity contribution in [3.63, 3.8) is 0 Å². The van der Waals surface area contributed by atoms with E-state index in [2.05, 4.69) is 161 Å². The molecular weight excluding hydrogens is 571 g/mol. The number of hydrogen-bond donors (Lipinski definition) is 0. The zero-order valence-electron chi connectivity index (χ0n) is 25.6. The van der Waals surface area contributed by atoms with Crippen molar-refractivity contribution in [1.82, 2.24) is 14.5 Å². The third kappa shape index (κ3) is 4.52. The summed E-state index contributed by atoms with van der Waals surface area (Å²) in [4.78, 5) is 9.53. The largest absolute Gasteiger partial charge is 0.292 e. The molecule has 0 fully saturated rings. The lowest BCUT2D eigenvalue weighted by molar-refractivity contribution is 1.10. The standard InChI is InChI=1S/C44H29N3/c1-2-14-33(15-3-1)47-41-23-11-10-22-40(41)46-44(47)31-26-24-30(25-27-31)42-36-18-6-8-20-38(36)43(39-21-9-7-19-37(39)42)35-17-5-4-16-34(35)32-13-12-28-45-29-32/h1-29H. The van der Waals surface area contributed by atoms with Crippen molar-refractivity contribution in [3.05, 3.63) is 176 Å². The summed E-state index contributed by atoms with van der Waals surface area (Å²) in [6.07, 6.45) is 3.78. The van der Waals surface area contributed by atoms with E-state index >= 15 is 0 Å². The van der Waals surface area contributed by atoms with Crippen molar-refractivity contribution < 1.29 is 0 Å². The molecule has 0 aliphatic carbocycles. The van der Waals surface area contributed by atoms with Gasteiger partial charge in [0.25, 0.3) is 0 Å². The predicted molar refractivity (Wildman–Crippen MR) is 196 cm³/mol. The minimum atomic E-state index is 0.932. The van der Waals surface area contributed by atoms with Gasteiger partial charge in [-0.25, -0.2) is 4.98 Å². The molecule has 220 valence electrons. The average Bonchev–Trinajstić information content (AvgIpc) is 3.54. The van der Waals surface area contributed by atoms with Gasteiger partial charge >= 0.3 is 0 Å². The SMILES string of the molecule is c1ccc(-n2c(-c3ccc(-c4c5ccccc5c(-c5ccccc5-c5cccnc5)c5ccccc45)cc3)nc3ccccc32)cc1. The van der Waals surface area contributed by atoms with Crippen LogP contribution in [0.1, 0.15) is 0 Å². The molecular formula is C44H29N3. The molecule has 0 radical (unpaired) electrons. The number of rotatable bonds is 5. The third-order valence-electron chi connectivity index (χ3n) is 9.11. The Labute approximate surface area is 273 Å². The molecule has 9 rings (SSSR count). The normalized spacial score (nSPS) is 11.4. The fraction of sp³-hybridized carbons (Fsp3) is 0. The topological polar surface area (TPSA) is 30.7 Å². The summed E-state index contributed by atoms with van der Waals surface area (Å²) in [7, 11) is 0. The van der Waals surface area contributed by atoms with Gasteiger partial charge < -0.3 is 0 Å². The van der Waals surface area contributed by atoms with Crippen molar-refractivity contribution in [2.45, 2.75) is 0 Å². The van der Waals surface area contributed by atoms with Gasteiger partial charge in [-0.05, 0) is 79.7 Å². The van der Waals surface area contributed by atoms with Crippen LogP contribution in [-0.2, 0) is 0 Å². The van der Waals surface area contributed by atoms with E-state index < -0.39 is 0 Å². The minimum Gasteiger partial charge on any atom is -0.292 e. The van der Waals surface area contributed by atoms with E-state index in [0.717, 1.165) is 33.7 Å². The Hall–Kier alpha value is -6.32. The van der Waals surface area contributed by atoms with E-state index in [-0.39, 0.29) is 0 Å². The van der Waals surface area contributed by atoms with Crippen LogP contribution in [0, 0.1) is 0 Å². The highest BCUT2D eigenvalue weighted by Crippen LogP contribution is 2.46. The van der Waals surface area contributed by atoms with Gasteiger partial charge in [-0.3, -0.25) is 9.55 Å². The van der Waals surface area contributed by atoms with E-state index in [4.69, 9.17) is 4.98 Å². The summed E-state index contributed by atoms with van der Waals surface area (Å²) in [5.41, 5.74) is 11.4. The van der Waals surface area contributed by atoms with Gasteiger partial charge in [0.1, 0.15) is 5.82 Å². The second-order valence-electron chi connectivity index (χ2n) is 11.8. The van der Waals surface area contributed by atoms with Crippen molar-refractivity contribution in [3.8, 4) is 50.5 Å². The summed E-state index contributed by atoms with van der Waals surface area (Å²) in [6.45, 7) is 0. The summed E-state index contributed by atoms with van der Waals surface area (Å²) < 4.78 is 2.25. The highest BCUT2D eigenvalue weighted by molar-refractivity contribution is 6.22. The lowest BCUT2D eigenvalue weighted by atomic mass is 9.84. The van der Waals surface area contributed by atoms with Gasteiger partial charge in [0.2, 0.25) is 0 Å². The molecule has 0 saturated carbocycles. The maximum absolute atomic E-state index is 5.10. The highest BCUT2D eigenvalue weighted by Gasteiger charge is 2.19. The molecule has 0 amide bonds. The zero-order valence-corrected chi connectivity index (χ0v) is 25.6. The fourth-order valence-electron chi connectivity index (χ4n) is 7.05. The van der Waals surface area contributed by atoms with Crippen molar-refractivity contribution in [1.29, 1.82) is 0 Å². The van der Waals surface area contributed by atoms with Crippen LogP contribution in [-0.4, -0.2) is 14.5 Å². The molecule has 7 aromatic carbocycles. The first-order valence-electron chi connectivity index (χ1n) is 15.9. The van der Waals surface area contributed by atoms with Crippen molar-refractivity contribution in [2.24, 2.45) is 0 Å². The van der Waals surface area contributed by atoms with Crippen LogP contribution < -0.4 is 0 Å². The summed E-state index contributed by atoms with van der Waals surface area (Å²) in [6, 6.07) is 58.2. The molecule has 0 bridgehead atoms. The first-order chi connectivity index (χ1) is 23.3. The van der Waals surface area contributed by atoms with Gasteiger partial charge in [-0.2, -0.15) is 0 Å². The van der Waals surface area contributed by atoms with Gasteiger partial charge in [0.05, 0.1) is 11.0 Å². The predicted octanol–water partition coefficient (Wildman–Crippen LogP) is 11.4. The number of hydrogen-bond acceptors (Lipinski definition) is 2. The molecule has 0 aliphatic heterocycles. The Bertz CT molecular complexity index is 2490. The monoisotopic (exact) mass is 599 g/mol. The maximum atomic E-state index is 5.10. The Balaban J connectivity index is 1.25. The second-order valence-corrected chi connectivity index (χ2v) is 11.8. The number of aromatic nitrogens is 3. The number of benzene rings is 7. The van der Waals surface area contributed by atoms with Crippen LogP contribution in [0.5, 0.6) is 0 Å². The van der Waals surface area contributed by atoms with Crippen LogP contribution in [0.4, 0.5) is 0 Å². The van der Waals surface area contributed by atoms with E-state index in [1.807, 2.05) is 24.5 Å². The van der Waals surface area contributed by atoms with E-state index in [1.165, 1.54) is 49.4 Å². The molecule has 3 heteroatoms. The van der Waals surface area contributed by atoms with Gasteiger partial charge in [-0.15, -0.1) is 0 Å². The number of pyridine rings is 1. The minimum absolute atomic E-state index is 0.932. The quantitative estimate of drug-likeness (QED) is 0.184. The maximum Gasteiger partial charge on any atom is 0.145 e. The molecule has 0 atom stereocenters. The Kier molecular flexibility index (Phi) is 6.46. The molecule has 2 heterocycles. The molecule has 0 aliphatic rings. The smallest absolute Gasteiger partial charge is 0.145 e. The number of imidazole rings is 1. The van der Waals surface area contributed by atoms with E-state index in [9.17, 15) is 0 Å². The Morgan fingerprint density at radius 3 is 1.66 bits per heavy atom. The Morgan fingerprint density at radius 1 is 0.404 bits per heavy atom. The molecule has 0 saturated heterocycles. The van der Waals surface area contributed by atoms with Gasteiger partial charge in [0, 0.05) is 29.2 Å². The Morgan fingerprint density at radius 2 is 0.979 bits per heavy atom. The first kappa shape index (κ1) is 27.0. The van der Waals surface area contributed by atoms with Crippen molar-refractivity contribution >= 4 is 32.6 Å².